The maximum atomic E-state index is 2.37. The first-order chi connectivity index (χ1) is 24.7. The van der Waals surface area contributed by atoms with E-state index >= 15 is 0 Å². The fourth-order valence-corrected chi connectivity index (χ4v) is 7.74. The lowest BCUT2D eigenvalue weighted by Crippen LogP contribution is -2.10. The zero-order valence-electron chi connectivity index (χ0n) is 27.9. The SMILES string of the molecule is c1ccc(-c2ccc(N(c3ccc(-c4ccc5c(c4)CC5)cc3)c3ccc(-n4ccc5cc(-c6ccc7c(c6)CC7)ccc54)cc3)cc2)cc1. The summed E-state index contributed by atoms with van der Waals surface area (Å²) >= 11 is 0. The Morgan fingerprint density at radius 2 is 0.820 bits per heavy atom. The fourth-order valence-electron chi connectivity index (χ4n) is 7.74. The molecule has 2 heteroatoms. The van der Waals surface area contributed by atoms with E-state index in [4.69, 9.17) is 0 Å². The van der Waals surface area contributed by atoms with Crippen LogP contribution in [0.4, 0.5) is 17.1 Å². The molecule has 7 aromatic carbocycles. The van der Waals surface area contributed by atoms with Crippen molar-refractivity contribution in [2.24, 2.45) is 0 Å². The lowest BCUT2D eigenvalue weighted by Gasteiger charge is -2.26. The molecule has 0 amide bonds. The number of nitrogens with zero attached hydrogens (tertiary/aromatic N) is 2. The third-order valence-electron chi connectivity index (χ3n) is 10.8. The summed E-state index contributed by atoms with van der Waals surface area (Å²) in [5.41, 5.74) is 19.3. The summed E-state index contributed by atoms with van der Waals surface area (Å²) in [6.07, 6.45) is 7.02. The molecule has 2 aliphatic carbocycles. The summed E-state index contributed by atoms with van der Waals surface area (Å²) in [5, 5.41) is 1.25. The van der Waals surface area contributed by atoms with Crippen molar-refractivity contribution in [2.75, 3.05) is 4.90 Å². The third-order valence-corrected chi connectivity index (χ3v) is 10.8. The number of rotatable bonds is 7. The van der Waals surface area contributed by atoms with E-state index in [0.717, 1.165) is 22.7 Å². The molecular formula is C48H36N2. The predicted molar refractivity (Wildman–Crippen MR) is 209 cm³/mol. The van der Waals surface area contributed by atoms with Gasteiger partial charge < -0.3 is 9.47 Å². The Bertz CT molecular complexity index is 2500. The summed E-state index contributed by atoms with van der Waals surface area (Å²) in [6, 6.07) is 60.5. The second-order valence-corrected chi connectivity index (χ2v) is 13.7. The molecule has 2 nitrogen and oxygen atoms in total. The molecule has 0 fully saturated rings. The largest absolute Gasteiger partial charge is 0.317 e. The molecule has 0 radical (unpaired) electrons. The molecule has 0 bridgehead atoms. The van der Waals surface area contributed by atoms with Crippen molar-refractivity contribution in [3.63, 3.8) is 0 Å². The molecule has 0 saturated heterocycles. The van der Waals surface area contributed by atoms with Gasteiger partial charge in [0.2, 0.25) is 0 Å². The Labute approximate surface area is 293 Å². The third kappa shape index (κ3) is 5.04. The van der Waals surface area contributed by atoms with Crippen LogP contribution in [0, 0.1) is 0 Å². The minimum Gasteiger partial charge on any atom is -0.317 e. The van der Waals surface area contributed by atoms with Crippen molar-refractivity contribution in [1.29, 1.82) is 0 Å². The first kappa shape index (κ1) is 28.9. The van der Waals surface area contributed by atoms with E-state index in [1.54, 1.807) is 0 Å². The minimum absolute atomic E-state index is 1.12. The van der Waals surface area contributed by atoms with E-state index in [1.807, 2.05) is 0 Å². The van der Waals surface area contributed by atoms with Crippen LogP contribution in [-0.2, 0) is 25.7 Å². The van der Waals surface area contributed by atoms with Gasteiger partial charge in [0.05, 0.1) is 5.52 Å². The van der Waals surface area contributed by atoms with Crippen molar-refractivity contribution in [1.82, 2.24) is 4.57 Å². The Morgan fingerprint density at radius 1 is 0.360 bits per heavy atom. The molecule has 0 N–H and O–H groups in total. The lowest BCUT2D eigenvalue weighted by molar-refractivity contribution is 0.840. The fraction of sp³-hybridized carbons (Fsp3) is 0.0833. The molecule has 0 spiro atoms. The zero-order valence-corrected chi connectivity index (χ0v) is 27.9. The van der Waals surface area contributed by atoms with E-state index in [-0.39, 0.29) is 0 Å². The Balaban J connectivity index is 0.987. The first-order valence-corrected chi connectivity index (χ1v) is 17.8. The monoisotopic (exact) mass is 640 g/mol. The van der Waals surface area contributed by atoms with Crippen LogP contribution in [0.2, 0.25) is 0 Å². The molecule has 1 aromatic heterocycles. The lowest BCUT2D eigenvalue weighted by atomic mass is 9.86. The smallest absolute Gasteiger partial charge is 0.0528 e. The summed E-state index contributed by atoms with van der Waals surface area (Å²) < 4.78 is 2.29. The molecule has 8 aromatic rings. The van der Waals surface area contributed by atoms with Gasteiger partial charge in [-0.3, -0.25) is 0 Å². The average molecular weight is 641 g/mol. The Kier molecular flexibility index (Phi) is 6.80. The van der Waals surface area contributed by atoms with E-state index in [0.29, 0.717) is 0 Å². The predicted octanol–water partition coefficient (Wildman–Crippen LogP) is 12.3. The molecule has 0 aliphatic heterocycles. The van der Waals surface area contributed by atoms with E-state index in [1.165, 1.54) is 92.2 Å². The number of fused-ring (bicyclic) bond motifs is 3. The Morgan fingerprint density at radius 3 is 1.38 bits per heavy atom. The first-order valence-electron chi connectivity index (χ1n) is 17.8. The average Bonchev–Trinajstić information content (AvgIpc) is 3.58. The van der Waals surface area contributed by atoms with E-state index < -0.39 is 0 Å². The van der Waals surface area contributed by atoms with Crippen molar-refractivity contribution >= 4 is 28.0 Å². The summed E-state index contributed by atoms with van der Waals surface area (Å²) in [6.45, 7) is 0. The van der Waals surface area contributed by atoms with Gasteiger partial charge in [-0.25, -0.2) is 0 Å². The van der Waals surface area contributed by atoms with Gasteiger partial charge in [-0.2, -0.15) is 0 Å². The maximum absolute atomic E-state index is 2.37. The molecule has 0 saturated carbocycles. The molecule has 0 atom stereocenters. The van der Waals surface area contributed by atoms with Gasteiger partial charge in [-0.05, 0) is 148 Å². The standard InChI is InChI=1S/C48H36N2/c1-2-4-33(5-3-1)34-14-19-45(20-15-34)50(46-21-16-37(17-22-46)39-11-7-35-6-10-38(35)30-39)47-25-23-44(24-26-47)49-29-28-43-32-42(18-27-48(43)49)41-13-9-36-8-12-40(36)31-41/h1-5,7,9,11,13-32H,6,8,10,12H2. The quantitative estimate of drug-likeness (QED) is 0.168. The summed E-state index contributed by atoms with van der Waals surface area (Å²) in [4.78, 5) is 2.36. The second-order valence-electron chi connectivity index (χ2n) is 13.7. The number of anilines is 3. The van der Waals surface area contributed by atoms with Crippen LogP contribution in [-0.4, -0.2) is 4.57 Å². The minimum atomic E-state index is 1.12. The number of hydrogen-bond donors (Lipinski definition) is 0. The van der Waals surface area contributed by atoms with Gasteiger partial charge >= 0.3 is 0 Å². The van der Waals surface area contributed by atoms with Crippen LogP contribution >= 0.6 is 0 Å². The molecular weight excluding hydrogens is 605 g/mol. The van der Waals surface area contributed by atoms with Gasteiger partial charge in [0.1, 0.15) is 0 Å². The number of aromatic nitrogens is 1. The highest BCUT2D eigenvalue weighted by Gasteiger charge is 2.17. The van der Waals surface area contributed by atoms with Gasteiger partial charge in [-0.15, -0.1) is 0 Å². The molecule has 0 unspecified atom stereocenters. The van der Waals surface area contributed by atoms with Crippen LogP contribution in [0.25, 0.3) is 50.0 Å². The van der Waals surface area contributed by atoms with Gasteiger partial charge in [0.25, 0.3) is 0 Å². The van der Waals surface area contributed by atoms with Gasteiger partial charge in [0.15, 0.2) is 0 Å². The normalized spacial score (nSPS) is 12.9. The summed E-state index contributed by atoms with van der Waals surface area (Å²) in [7, 11) is 0. The van der Waals surface area contributed by atoms with Crippen molar-refractivity contribution in [3.05, 3.63) is 192 Å². The zero-order chi connectivity index (χ0) is 33.0. The number of aryl methyl sites for hydroxylation is 4. The van der Waals surface area contributed by atoms with Gasteiger partial charge in [-0.1, -0.05) is 97.1 Å². The highest BCUT2D eigenvalue weighted by atomic mass is 15.1. The van der Waals surface area contributed by atoms with Crippen LogP contribution in [0.5, 0.6) is 0 Å². The van der Waals surface area contributed by atoms with Crippen molar-refractivity contribution < 1.29 is 0 Å². The topological polar surface area (TPSA) is 8.17 Å². The second kappa shape index (κ2) is 11.8. The van der Waals surface area contributed by atoms with Crippen molar-refractivity contribution in [2.45, 2.75) is 25.7 Å². The molecule has 1 heterocycles. The Hall–Kier alpha value is -6.12. The number of hydrogen-bond acceptors (Lipinski definition) is 1. The maximum Gasteiger partial charge on any atom is 0.0528 e. The van der Waals surface area contributed by atoms with E-state index in [2.05, 4.69) is 179 Å². The van der Waals surface area contributed by atoms with Crippen molar-refractivity contribution in [3.8, 4) is 39.1 Å². The van der Waals surface area contributed by atoms with Crippen LogP contribution in [0.15, 0.2) is 170 Å². The molecule has 238 valence electrons. The van der Waals surface area contributed by atoms with Crippen LogP contribution < -0.4 is 4.90 Å². The van der Waals surface area contributed by atoms with Crippen LogP contribution in [0.3, 0.4) is 0 Å². The molecule has 2 aliphatic rings. The number of benzene rings is 7. The summed E-state index contributed by atoms with van der Waals surface area (Å²) in [5.74, 6) is 0. The highest BCUT2D eigenvalue weighted by molar-refractivity contribution is 5.88. The van der Waals surface area contributed by atoms with Crippen LogP contribution in [0.1, 0.15) is 22.3 Å². The molecule has 10 rings (SSSR count). The highest BCUT2D eigenvalue weighted by Crippen LogP contribution is 2.38. The van der Waals surface area contributed by atoms with Gasteiger partial charge in [0, 0.05) is 34.3 Å². The van der Waals surface area contributed by atoms with E-state index in [9.17, 15) is 0 Å². The molecule has 50 heavy (non-hydrogen) atoms.